The molecule has 0 aromatic heterocycles. The SMILES string of the molecule is O=C(NN=Cc1ccc2c3c(cccc13)CC2)c1ccccc1O. The largest absolute Gasteiger partial charge is 0.507 e. The number of hydrogen-bond donors (Lipinski definition) is 2. The first-order valence-electron chi connectivity index (χ1n) is 7.89. The molecule has 3 aromatic carbocycles. The second kappa shape index (κ2) is 5.81. The third-order valence-electron chi connectivity index (χ3n) is 4.43. The van der Waals surface area contributed by atoms with Crippen LogP contribution in [0.1, 0.15) is 27.0 Å². The number of amides is 1. The molecule has 4 heteroatoms. The molecule has 1 aliphatic rings. The van der Waals surface area contributed by atoms with Crippen LogP contribution >= 0.6 is 0 Å². The Labute approximate surface area is 139 Å². The van der Waals surface area contributed by atoms with Gasteiger partial charge in [-0.1, -0.05) is 42.5 Å². The summed E-state index contributed by atoms with van der Waals surface area (Å²) < 4.78 is 0. The van der Waals surface area contributed by atoms with Crippen molar-refractivity contribution in [2.24, 2.45) is 5.10 Å². The molecule has 0 unspecified atom stereocenters. The fraction of sp³-hybridized carbons (Fsp3) is 0.100. The molecule has 0 saturated heterocycles. The fourth-order valence-corrected chi connectivity index (χ4v) is 3.27. The van der Waals surface area contributed by atoms with Gasteiger partial charge < -0.3 is 5.11 Å². The van der Waals surface area contributed by atoms with Gasteiger partial charge in [-0.05, 0) is 46.9 Å². The molecule has 0 heterocycles. The first-order valence-corrected chi connectivity index (χ1v) is 7.89. The maximum absolute atomic E-state index is 12.1. The number of aromatic hydroxyl groups is 1. The second-order valence-electron chi connectivity index (χ2n) is 5.87. The van der Waals surface area contributed by atoms with Gasteiger partial charge in [-0.15, -0.1) is 0 Å². The number of aryl methyl sites for hydroxylation is 2. The van der Waals surface area contributed by atoms with E-state index in [9.17, 15) is 9.90 Å². The van der Waals surface area contributed by atoms with Crippen molar-refractivity contribution in [2.45, 2.75) is 12.8 Å². The van der Waals surface area contributed by atoms with Gasteiger partial charge in [-0.25, -0.2) is 5.43 Å². The number of carbonyl (C=O) groups is 1. The quantitative estimate of drug-likeness (QED) is 0.574. The van der Waals surface area contributed by atoms with Crippen LogP contribution in [-0.2, 0) is 12.8 Å². The lowest BCUT2D eigenvalue weighted by atomic mass is 10.0. The van der Waals surface area contributed by atoms with Crippen LogP contribution in [0.3, 0.4) is 0 Å². The van der Waals surface area contributed by atoms with Crippen LogP contribution in [0.2, 0.25) is 0 Å². The van der Waals surface area contributed by atoms with Gasteiger partial charge in [0.1, 0.15) is 5.75 Å². The van der Waals surface area contributed by atoms with Crippen LogP contribution in [0.15, 0.2) is 59.7 Å². The minimum Gasteiger partial charge on any atom is -0.507 e. The monoisotopic (exact) mass is 316 g/mol. The first kappa shape index (κ1) is 14.5. The number of carbonyl (C=O) groups excluding carboxylic acids is 1. The van der Waals surface area contributed by atoms with Crippen LogP contribution in [0.25, 0.3) is 10.8 Å². The van der Waals surface area contributed by atoms with Gasteiger partial charge >= 0.3 is 0 Å². The van der Waals surface area contributed by atoms with E-state index in [1.807, 2.05) is 6.07 Å². The third-order valence-corrected chi connectivity index (χ3v) is 4.43. The summed E-state index contributed by atoms with van der Waals surface area (Å²) in [6.07, 6.45) is 3.81. The summed E-state index contributed by atoms with van der Waals surface area (Å²) in [4.78, 5) is 12.1. The molecule has 1 aliphatic carbocycles. The number of nitrogens with zero attached hydrogens (tertiary/aromatic N) is 1. The highest BCUT2D eigenvalue weighted by molar-refractivity contribution is 6.04. The maximum Gasteiger partial charge on any atom is 0.275 e. The Morgan fingerprint density at radius 3 is 2.62 bits per heavy atom. The van der Waals surface area contributed by atoms with E-state index in [2.05, 4.69) is 34.8 Å². The second-order valence-corrected chi connectivity index (χ2v) is 5.87. The van der Waals surface area contributed by atoms with E-state index in [0.717, 1.165) is 23.8 Å². The highest BCUT2D eigenvalue weighted by atomic mass is 16.3. The molecule has 2 N–H and O–H groups in total. The predicted molar refractivity (Wildman–Crippen MR) is 94.5 cm³/mol. The van der Waals surface area contributed by atoms with E-state index >= 15 is 0 Å². The summed E-state index contributed by atoms with van der Waals surface area (Å²) in [7, 11) is 0. The number of para-hydroxylation sites is 1. The van der Waals surface area contributed by atoms with Crippen molar-refractivity contribution in [1.29, 1.82) is 0 Å². The Hall–Kier alpha value is -3.14. The molecule has 3 aromatic rings. The van der Waals surface area contributed by atoms with Crippen LogP contribution in [-0.4, -0.2) is 17.2 Å². The summed E-state index contributed by atoms with van der Waals surface area (Å²) in [5.41, 5.74) is 6.38. The lowest BCUT2D eigenvalue weighted by Crippen LogP contribution is -2.17. The minimum atomic E-state index is -0.435. The molecule has 118 valence electrons. The summed E-state index contributed by atoms with van der Waals surface area (Å²) in [6, 6.07) is 16.9. The predicted octanol–water partition coefficient (Wildman–Crippen LogP) is 3.41. The van der Waals surface area contributed by atoms with Gasteiger partial charge in [-0.2, -0.15) is 5.10 Å². The Balaban J connectivity index is 1.60. The lowest BCUT2D eigenvalue weighted by molar-refractivity contribution is 0.0952. The molecule has 0 atom stereocenters. The summed E-state index contributed by atoms with van der Waals surface area (Å²) in [5.74, 6) is -0.495. The van der Waals surface area contributed by atoms with E-state index in [-0.39, 0.29) is 11.3 Å². The van der Waals surface area contributed by atoms with Gasteiger partial charge in [0.2, 0.25) is 0 Å². The lowest BCUT2D eigenvalue weighted by Gasteiger charge is -2.05. The van der Waals surface area contributed by atoms with Crippen molar-refractivity contribution in [3.05, 3.63) is 76.9 Å². The Bertz CT molecular complexity index is 966. The average Bonchev–Trinajstić information content (AvgIpc) is 3.02. The standard InChI is InChI=1S/C20H16N2O2/c23-18-7-2-1-5-17(18)20(24)22-21-12-15-11-10-14-9-8-13-4-3-6-16(15)19(13)14/h1-7,10-12,23H,8-9H2,(H,22,24). The van der Waals surface area contributed by atoms with E-state index in [1.165, 1.54) is 22.6 Å². The zero-order chi connectivity index (χ0) is 16.5. The molecule has 0 fully saturated rings. The Morgan fingerprint density at radius 1 is 1.00 bits per heavy atom. The zero-order valence-corrected chi connectivity index (χ0v) is 13.0. The van der Waals surface area contributed by atoms with Gasteiger partial charge in [-0.3, -0.25) is 4.79 Å². The van der Waals surface area contributed by atoms with E-state index in [1.54, 1.807) is 24.4 Å². The maximum atomic E-state index is 12.1. The number of phenolic OH excluding ortho intramolecular Hbond substituents is 1. The van der Waals surface area contributed by atoms with Crippen molar-refractivity contribution < 1.29 is 9.90 Å². The van der Waals surface area contributed by atoms with Crippen molar-refractivity contribution in [3.8, 4) is 5.75 Å². The van der Waals surface area contributed by atoms with Gasteiger partial charge in [0.05, 0.1) is 11.8 Å². The smallest absolute Gasteiger partial charge is 0.275 e. The molecule has 1 amide bonds. The summed E-state index contributed by atoms with van der Waals surface area (Å²) in [6.45, 7) is 0. The molecule has 24 heavy (non-hydrogen) atoms. The topological polar surface area (TPSA) is 61.7 Å². The Kier molecular flexibility index (Phi) is 3.50. The zero-order valence-electron chi connectivity index (χ0n) is 13.0. The van der Waals surface area contributed by atoms with Crippen molar-refractivity contribution in [3.63, 3.8) is 0 Å². The van der Waals surface area contributed by atoms with E-state index in [0.29, 0.717) is 0 Å². The van der Waals surface area contributed by atoms with Crippen molar-refractivity contribution in [1.82, 2.24) is 5.43 Å². The summed E-state index contributed by atoms with van der Waals surface area (Å²) in [5, 5.41) is 16.2. The number of hydrazone groups is 1. The fourth-order valence-electron chi connectivity index (χ4n) is 3.27. The highest BCUT2D eigenvalue weighted by Crippen LogP contribution is 2.32. The van der Waals surface area contributed by atoms with Crippen LogP contribution in [0, 0.1) is 0 Å². The third kappa shape index (κ3) is 2.42. The number of nitrogens with one attached hydrogen (secondary N) is 1. The molecule has 4 rings (SSSR count). The van der Waals surface area contributed by atoms with Gasteiger partial charge in [0.25, 0.3) is 5.91 Å². The first-order chi connectivity index (χ1) is 11.7. The molecule has 0 radical (unpaired) electrons. The van der Waals surface area contributed by atoms with Crippen molar-refractivity contribution in [2.75, 3.05) is 0 Å². The molecule has 4 nitrogen and oxygen atoms in total. The van der Waals surface area contributed by atoms with Crippen molar-refractivity contribution >= 4 is 22.9 Å². The van der Waals surface area contributed by atoms with Crippen LogP contribution in [0.4, 0.5) is 0 Å². The Morgan fingerprint density at radius 2 is 1.79 bits per heavy atom. The van der Waals surface area contributed by atoms with E-state index < -0.39 is 5.91 Å². The normalized spacial score (nSPS) is 12.8. The van der Waals surface area contributed by atoms with E-state index in [4.69, 9.17) is 0 Å². The highest BCUT2D eigenvalue weighted by Gasteiger charge is 2.15. The number of benzene rings is 3. The molecule has 0 aliphatic heterocycles. The van der Waals surface area contributed by atoms with Crippen LogP contribution in [0.5, 0.6) is 5.75 Å². The molecular formula is C20H16N2O2. The molecule has 0 bridgehead atoms. The molecule has 0 saturated carbocycles. The minimum absolute atomic E-state index is 0.0597. The number of rotatable bonds is 3. The molecular weight excluding hydrogens is 300 g/mol. The molecule has 0 spiro atoms. The number of phenols is 1. The average molecular weight is 316 g/mol. The van der Waals surface area contributed by atoms with Crippen LogP contribution < -0.4 is 5.43 Å². The number of hydrogen-bond acceptors (Lipinski definition) is 3. The van der Waals surface area contributed by atoms with Gasteiger partial charge in [0.15, 0.2) is 0 Å². The summed E-state index contributed by atoms with van der Waals surface area (Å²) >= 11 is 0. The van der Waals surface area contributed by atoms with Gasteiger partial charge in [0, 0.05) is 5.56 Å².